The van der Waals surface area contributed by atoms with Crippen molar-refractivity contribution in [3.05, 3.63) is 24.6 Å². The molecule has 4 nitrogen and oxygen atoms in total. The zero-order chi connectivity index (χ0) is 7.07. The maximum atomic E-state index is 4.58. The Bertz CT molecular complexity index is 106. The average molecular weight is 142 g/mol. The minimum atomic E-state index is 0.708. The van der Waals surface area contributed by atoms with Crippen molar-refractivity contribution in [1.29, 1.82) is 0 Å². The largest absolute Gasteiger partial charge is 0.417 e. The maximum absolute atomic E-state index is 4.58. The Labute approximate surface area is 59.4 Å². The third-order valence-corrected chi connectivity index (χ3v) is 0.898. The van der Waals surface area contributed by atoms with Crippen LogP contribution >= 0.6 is 0 Å². The molecule has 0 radical (unpaired) electrons. The summed E-state index contributed by atoms with van der Waals surface area (Å²) in [6, 6.07) is 0. The molecule has 2 rings (SSSR count). The van der Waals surface area contributed by atoms with Crippen LogP contribution in [0.5, 0.6) is 0 Å². The van der Waals surface area contributed by atoms with E-state index in [2.05, 4.69) is 20.6 Å². The average Bonchev–Trinajstić information content (AvgIpc) is 2.67. The van der Waals surface area contributed by atoms with Crippen molar-refractivity contribution in [2.45, 2.75) is 0 Å². The molecule has 0 aromatic rings. The molecule has 0 aromatic carbocycles. The second-order valence-corrected chi connectivity index (χ2v) is 1.67. The lowest BCUT2D eigenvalue weighted by Gasteiger charge is -1.82. The van der Waals surface area contributed by atoms with E-state index in [-0.39, 0.29) is 0 Å². The molecular formula is C6H10N2O2. The van der Waals surface area contributed by atoms with Crippen molar-refractivity contribution >= 4 is 0 Å². The van der Waals surface area contributed by atoms with E-state index in [1.54, 1.807) is 12.5 Å². The molecule has 0 spiro atoms. The van der Waals surface area contributed by atoms with Gasteiger partial charge in [-0.2, -0.15) is 5.48 Å². The van der Waals surface area contributed by atoms with E-state index in [9.17, 15) is 0 Å². The molecule has 2 N–H and O–H groups in total. The Balaban J connectivity index is 0.0000001000. The molecule has 0 atom stereocenters. The summed E-state index contributed by atoms with van der Waals surface area (Å²) in [5.41, 5.74) is 5.15. The quantitative estimate of drug-likeness (QED) is 0.502. The molecule has 0 aliphatic carbocycles. The lowest BCUT2D eigenvalue weighted by atomic mass is 10.7. The molecule has 4 heteroatoms. The first-order chi connectivity index (χ1) is 5.00. The molecule has 0 bridgehead atoms. The Morgan fingerprint density at radius 2 is 2.30 bits per heavy atom. The summed E-state index contributed by atoms with van der Waals surface area (Å²) in [6.07, 6.45) is 7.19. The van der Waals surface area contributed by atoms with Crippen LogP contribution in [0.2, 0.25) is 0 Å². The minimum Gasteiger partial charge on any atom is -0.417 e. The fourth-order valence-corrected chi connectivity index (χ4v) is 0.481. The molecule has 2 heterocycles. The topological polar surface area (TPSA) is 42.5 Å². The summed E-state index contributed by atoms with van der Waals surface area (Å²) < 4.78 is 0. The second kappa shape index (κ2) is 4.84. The zero-order valence-corrected chi connectivity index (χ0v) is 5.54. The van der Waals surface area contributed by atoms with Gasteiger partial charge in [0.05, 0.1) is 13.2 Å². The smallest absolute Gasteiger partial charge is 0.108 e. The third kappa shape index (κ3) is 3.11. The molecule has 0 amide bonds. The van der Waals surface area contributed by atoms with Crippen LogP contribution in [0.4, 0.5) is 0 Å². The number of hydrogen-bond acceptors (Lipinski definition) is 4. The van der Waals surface area contributed by atoms with Crippen LogP contribution < -0.4 is 11.0 Å². The van der Waals surface area contributed by atoms with E-state index in [1.807, 2.05) is 12.2 Å². The van der Waals surface area contributed by atoms with Crippen molar-refractivity contribution in [2.75, 3.05) is 13.2 Å². The van der Waals surface area contributed by atoms with E-state index in [0.29, 0.717) is 6.61 Å². The fraction of sp³-hybridized carbons (Fsp3) is 0.333. The summed E-state index contributed by atoms with van der Waals surface area (Å²) in [7, 11) is 0. The van der Waals surface area contributed by atoms with Gasteiger partial charge in [-0.25, -0.2) is 0 Å². The van der Waals surface area contributed by atoms with Crippen molar-refractivity contribution in [2.24, 2.45) is 0 Å². The van der Waals surface area contributed by atoms with Gasteiger partial charge in [0.15, 0.2) is 0 Å². The van der Waals surface area contributed by atoms with Crippen LogP contribution in [0.3, 0.4) is 0 Å². The molecule has 56 valence electrons. The van der Waals surface area contributed by atoms with Gasteiger partial charge >= 0.3 is 0 Å². The molecule has 0 saturated heterocycles. The first-order valence-electron chi connectivity index (χ1n) is 3.06. The van der Waals surface area contributed by atoms with E-state index < -0.39 is 0 Å². The van der Waals surface area contributed by atoms with Crippen LogP contribution in [-0.2, 0) is 9.68 Å². The molecular weight excluding hydrogens is 132 g/mol. The van der Waals surface area contributed by atoms with Gasteiger partial charge in [0, 0.05) is 6.20 Å². The number of nitrogens with one attached hydrogen (secondary N) is 2. The molecule has 0 aromatic heterocycles. The predicted octanol–water partition coefficient (Wildman–Crippen LogP) is 0.0698. The molecule has 0 unspecified atom stereocenters. The molecule has 0 saturated carbocycles. The zero-order valence-electron chi connectivity index (χ0n) is 5.54. The van der Waals surface area contributed by atoms with Crippen molar-refractivity contribution in [3.63, 3.8) is 0 Å². The molecule has 0 fully saturated rings. The summed E-state index contributed by atoms with van der Waals surface area (Å²) in [6.45, 7) is 1.56. The number of hydrogen-bond donors (Lipinski definition) is 2. The summed E-state index contributed by atoms with van der Waals surface area (Å²) in [5.74, 6) is 0. The van der Waals surface area contributed by atoms with Crippen molar-refractivity contribution in [1.82, 2.24) is 11.0 Å². The van der Waals surface area contributed by atoms with Crippen LogP contribution in [0.15, 0.2) is 24.6 Å². The van der Waals surface area contributed by atoms with Crippen LogP contribution in [0, 0.1) is 0 Å². The normalized spacial score (nSPS) is 19.2. The lowest BCUT2D eigenvalue weighted by Crippen LogP contribution is -2.02. The summed E-state index contributed by atoms with van der Waals surface area (Å²) in [4.78, 5) is 9.10. The first kappa shape index (κ1) is 7.11. The van der Waals surface area contributed by atoms with Crippen LogP contribution in [-0.4, -0.2) is 13.2 Å². The van der Waals surface area contributed by atoms with Gasteiger partial charge in [0.25, 0.3) is 0 Å². The standard InChI is InChI=1S/2C3H5NO/c2*1-2-4-5-3-1/h1,3-4H,2H2;1-2,4H,3H2. The van der Waals surface area contributed by atoms with Crippen LogP contribution in [0.25, 0.3) is 0 Å². The van der Waals surface area contributed by atoms with Gasteiger partial charge in [-0.05, 0) is 12.2 Å². The summed E-state index contributed by atoms with van der Waals surface area (Å²) in [5, 5.41) is 0. The van der Waals surface area contributed by atoms with Gasteiger partial charge in [0.1, 0.15) is 6.26 Å². The molecule has 2 aliphatic rings. The van der Waals surface area contributed by atoms with E-state index in [1.165, 1.54) is 0 Å². The van der Waals surface area contributed by atoms with Gasteiger partial charge in [-0.1, -0.05) is 0 Å². The van der Waals surface area contributed by atoms with Crippen molar-refractivity contribution in [3.8, 4) is 0 Å². The Morgan fingerprint density at radius 1 is 1.30 bits per heavy atom. The highest BCUT2D eigenvalue weighted by atomic mass is 16.6. The monoisotopic (exact) mass is 142 g/mol. The van der Waals surface area contributed by atoms with Gasteiger partial charge in [-0.15, -0.1) is 0 Å². The first-order valence-corrected chi connectivity index (χ1v) is 3.06. The van der Waals surface area contributed by atoms with E-state index in [4.69, 9.17) is 0 Å². The van der Waals surface area contributed by atoms with E-state index in [0.717, 1.165) is 6.54 Å². The molecule has 10 heavy (non-hydrogen) atoms. The molecule has 2 aliphatic heterocycles. The number of hydroxylamine groups is 2. The van der Waals surface area contributed by atoms with Gasteiger partial charge < -0.3 is 4.84 Å². The summed E-state index contributed by atoms with van der Waals surface area (Å²) >= 11 is 0. The predicted molar refractivity (Wildman–Crippen MR) is 36.5 cm³/mol. The fourth-order valence-electron chi connectivity index (χ4n) is 0.481. The van der Waals surface area contributed by atoms with Gasteiger partial charge in [-0.3, -0.25) is 10.3 Å². The minimum absolute atomic E-state index is 0.708. The maximum Gasteiger partial charge on any atom is 0.108 e. The van der Waals surface area contributed by atoms with Crippen LogP contribution in [0.1, 0.15) is 0 Å². The Kier molecular flexibility index (Phi) is 3.44. The van der Waals surface area contributed by atoms with E-state index >= 15 is 0 Å². The lowest BCUT2D eigenvalue weighted by molar-refractivity contribution is 0.115. The Morgan fingerprint density at radius 3 is 2.50 bits per heavy atom. The van der Waals surface area contributed by atoms with Crippen molar-refractivity contribution < 1.29 is 9.68 Å². The third-order valence-electron chi connectivity index (χ3n) is 0.898. The highest BCUT2D eigenvalue weighted by Crippen LogP contribution is 1.78. The Hall–Kier alpha value is -1.00. The SMILES string of the molecule is C1=CNOC1.C1=CONC1. The number of rotatable bonds is 0. The highest BCUT2D eigenvalue weighted by Gasteiger charge is 1.81. The van der Waals surface area contributed by atoms with Gasteiger partial charge in [0.2, 0.25) is 0 Å². The second-order valence-electron chi connectivity index (χ2n) is 1.67. The highest BCUT2D eigenvalue weighted by molar-refractivity contribution is 4.80.